The van der Waals surface area contributed by atoms with Gasteiger partial charge in [-0.3, -0.25) is 4.79 Å². The van der Waals surface area contributed by atoms with E-state index in [0.29, 0.717) is 6.07 Å². The fourth-order valence-corrected chi connectivity index (χ4v) is 5.11. The molecule has 204 valence electrons. The van der Waals surface area contributed by atoms with Gasteiger partial charge in [-0.15, -0.1) is 11.3 Å². The van der Waals surface area contributed by atoms with E-state index in [1.807, 2.05) is 0 Å². The number of alkyl halides is 7. The Bertz CT molecular complexity index is 1170. The maximum atomic E-state index is 14.9. The number of hydrogen-bond donors (Lipinski definition) is 1. The van der Waals surface area contributed by atoms with Crippen molar-refractivity contribution in [3.05, 3.63) is 49.4 Å². The number of aliphatic hydroxyl groups is 1. The number of hydrogen-bond acceptors (Lipinski definition) is 6. The number of ether oxygens (including phenoxy) is 1. The largest absolute Gasteiger partial charge is 0.461 e. The number of amides is 1. The van der Waals surface area contributed by atoms with E-state index in [4.69, 9.17) is 27.9 Å². The van der Waals surface area contributed by atoms with Gasteiger partial charge in [0.05, 0.1) is 16.7 Å². The molecule has 1 aliphatic heterocycles. The van der Waals surface area contributed by atoms with Crippen molar-refractivity contribution >= 4 is 46.4 Å². The summed E-state index contributed by atoms with van der Waals surface area (Å²) >= 11 is 12.6. The molecule has 0 aliphatic carbocycles. The summed E-state index contributed by atoms with van der Waals surface area (Å²) < 4.78 is 99.5. The van der Waals surface area contributed by atoms with Crippen molar-refractivity contribution in [2.24, 2.45) is 0 Å². The molecule has 2 atom stereocenters. The number of esters is 1. The molecule has 0 radical (unpaired) electrons. The van der Waals surface area contributed by atoms with Crippen LogP contribution in [0.1, 0.15) is 50.7 Å². The third-order valence-corrected chi connectivity index (χ3v) is 7.43. The molecule has 2 heterocycles. The molecule has 1 aromatic carbocycles. The summed E-state index contributed by atoms with van der Waals surface area (Å²) in [6, 6.07) is 0.989. The highest BCUT2D eigenvalue weighted by Crippen LogP contribution is 2.53. The maximum absolute atomic E-state index is 14.9. The Morgan fingerprint density at radius 3 is 2.35 bits per heavy atom. The lowest BCUT2D eigenvalue weighted by Crippen LogP contribution is -2.54. The zero-order valence-electron chi connectivity index (χ0n) is 18.6. The molecule has 16 heteroatoms. The highest BCUT2D eigenvalue weighted by molar-refractivity contribution is 7.11. The smallest absolute Gasteiger partial charge is 0.430 e. The number of benzene rings is 1. The van der Waals surface area contributed by atoms with Gasteiger partial charge in [0.1, 0.15) is 11.9 Å². The number of rotatable bonds is 5. The number of piperidine rings is 1. The van der Waals surface area contributed by atoms with Crippen LogP contribution in [-0.4, -0.2) is 65.1 Å². The second-order valence-electron chi connectivity index (χ2n) is 7.96. The SMILES string of the molecule is CCOC(=O)c1nc(C(=O)N2CCC(F)C(c3ccc(C(O)(C(F)(F)F)C(F)(F)F)c(Cl)c3Cl)C2)cs1. The molecule has 1 fully saturated rings. The molecule has 1 amide bonds. The van der Waals surface area contributed by atoms with E-state index in [1.54, 1.807) is 6.92 Å². The van der Waals surface area contributed by atoms with Gasteiger partial charge in [-0.25, -0.2) is 14.2 Å². The summed E-state index contributed by atoms with van der Waals surface area (Å²) in [4.78, 5) is 29.7. The molecule has 1 saturated heterocycles. The highest BCUT2D eigenvalue weighted by atomic mass is 35.5. The Balaban J connectivity index is 1.93. The molecule has 3 rings (SSSR count). The summed E-state index contributed by atoms with van der Waals surface area (Å²) in [5.41, 5.74) is -7.48. The van der Waals surface area contributed by atoms with Crippen LogP contribution >= 0.6 is 34.5 Å². The number of likely N-dealkylation sites (tertiary alicyclic amines) is 1. The van der Waals surface area contributed by atoms with Crippen molar-refractivity contribution < 1.29 is 50.2 Å². The zero-order chi connectivity index (χ0) is 27.9. The van der Waals surface area contributed by atoms with Gasteiger partial charge in [-0.1, -0.05) is 35.3 Å². The third kappa shape index (κ3) is 5.38. The zero-order valence-corrected chi connectivity index (χ0v) is 20.9. The van der Waals surface area contributed by atoms with Gasteiger partial charge in [0.25, 0.3) is 11.5 Å². The van der Waals surface area contributed by atoms with Crippen molar-refractivity contribution in [2.75, 3.05) is 19.7 Å². The first kappa shape index (κ1) is 29.4. The van der Waals surface area contributed by atoms with Crippen LogP contribution < -0.4 is 0 Å². The minimum atomic E-state index is -6.20. The Labute approximate surface area is 218 Å². The topological polar surface area (TPSA) is 79.7 Å². The fourth-order valence-electron chi connectivity index (χ4n) is 3.82. The van der Waals surface area contributed by atoms with Crippen LogP contribution in [0.4, 0.5) is 30.7 Å². The molecular weight excluding hydrogens is 580 g/mol. The van der Waals surface area contributed by atoms with Gasteiger partial charge in [-0.05, 0) is 18.9 Å². The van der Waals surface area contributed by atoms with Crippen molar-refractivity contribution in [1.29, 1.82) is 0 Å². The van der Waals surface area contributed by atoms with E-state index >= 15 is 0 Å². The second-order valence-corrected chi connectivity index (χ2v) is 9.57. The lowest BCUT2D eigenvalue weighted by molar-refractivity contribution is -0.376. The standard InChI is InChI=1S/C21H17Cl2F7N2O4S/c1-2-36-18(34)16-31-13(8-37-16)17(33)32-6-5-12(24)10(7-32)9-3-4-11(15(23)14(9)22)19(35,20(25,26)27)21(28,29)30/h3-4,8,10,12,35H,2,5-7H2,1H3. The fraction of sp³-hybridized carbons (Fsp3) is 0.476. The summed E-state index contributed by atoms with van der Waals surface area (Å²) in [5, 5.41) is 8.79. The summed E-state index contributed by atoms with van der Waals surface area (Å²) in [5.74, 6) is -2.71. The molecule has 2 unspecified atom stereocenters. The first-order valence-corrected chi connectivity index (χ1v) is 12.1. The average molecular weight is 597 g/mol. The van der Waals surface area contributed by atoms with Crippen molar-refractivity contribution in [1.82, 2.24) is 9.88 Å². The maximum Gasteiger partial charge on any atom is 0.430 e. The number of carbonyl (C=O) groups is 2. The Morgan fingerprint density at radius 2 is 1.78 bits per heavy atom. The number of aromatic nitrogens is 1. The first-order chi connectivity index (χ1) is 17.0. The van der Waals surface area contributed by atoms with Crippen LogP contribution in [0.15, 0.2) is 17.5 Å². The van der Waals surface area contributed by atoms with Crippen LogP contribution in [0.2, 0.25) is 10.0 Å². The predicted molar refractivity (Wildman–Crippen MR) is 119 cm³/mol. The molecule has 1 aliphatic rings. The lowest BCUT2D eigenvalue weighted by atomic mass is 9.85. The Hall–Kier alpha value is -2.16. The van der Waals surface area contributed by atoms with Crippen LogP contribution in [0.5, 0.6) is 0 Å². The molecule has 0 saturated carbocycles. The quantitative estimate of drug-likeness (QED) is 0.343. The van der Waals surface area contributed by atoms with E-state index in [0.717, 1.165) is 16.2 Å². The van der Waals surface area contributed by atoms with Gasteiger partial charge in [0.2, 0.25) is 5.01 Å². The minimum absolute atomic E-state index is 0.0822. The predicted octanol–water partition coefficient (Wildman–Crippen LogP) is 5.91. The van der Waals surface area contributed by atoms with E-state index in [-0.39, 0.29) is 48.4 Å². The molecule has 6 nitrogen and oxygen atoms in total. The average Bonchev–Trinajstić information content (AvgIpc) is 3.30. The monoisotopic (exact) mass is 596 g/mol. The van der Waals surface area contributed by atoms with Gasteiger partial charge >= 0.3 is 18.3 Å². The molecule has 37 heavy (non-hydrogen) atoms. The van der Waals surface area contributed by atoms with Crippen molar-refractivity contribution in [2.45, 2.75) is 43.4 Å². The van der Waals surface area contributed by atoms with Crippen LogP contribution in [0.25, 0.3) is 0 Å². The molecule has 2 aromatic rings. The molecule has 0 spiro atoms. The van der Waals surface area contributed by atoms with Gasteiger partial charge in [0.15, 0.2) is 0 Å². The number of carbonyl (C=O) groups excluding carboxylic acids is 2. The lowest BCUT2D eigenvalue weighted by Gasteiger charge is -2.37. The highest BCUT2D eigenvalue weighted by Gasteiger charge is 2.72. The van der Waals surface area contributed by atoms with Crippen LogP contribution in [0.3, 0.4) is 0 Å². The molecule has 0 bridgehead atoms. The van der Waals surface area contributed by atoms with E-state index < -0.39 is 57.5 Å². The van der Waals surface area contributed by atoms with Crippen LogP contribution in [-0.2, 0) is 10.3 Å². The third-order valence-electron chi connectivity index (χ3n) is 5.71. The number of nitrogens with zero attached hydrogens (tertiary/aromatic N) is 2. The molecule has 1 N–H and O–H groups in total. The van der Waals surface area contributed by atoms with E-state index in [9.17, 15) is 45.4 Å². The van der Waals surface area contributed by atoms with Gasteiger partial charge < -0.3 is 14.7 Å². The second kappa shape index (κ2) is 10.5. The normalized spacial score (nSPS) is 19.2. The van der Waals surface area contributed by atoms with Crippen molar-refractivity contribution in [3.8, 4) is 0 Å². The van der Waals surface area contributed by atoms with E-state index in [2.05, 4.69) is 4.98 Å². The van der Waals surface area contributed by atoms with Crippen molar-refractivity contribution in [3.63, 3.8) is 0 Å². The van der Waals surface area contributed by atoms with Gasteiger partial charge in [0, 0.05) is 30.0 Å². The summed E-state index contributed by atoms with van der Waals surface area (Å²) in [6.07, 6.45) is -14.3. The summed E-state index contributed by atoms with van der Waals surface area (Å²) in [6.45, 7) is 1.20. The molecule has 1 aromatic heterocycles. The molecular formula is C21H17Cl2F7N2O4S. The van der Waals surface area contributed by atoms with E-state index in [1.165, 1.54) is 5.38 Å². The first-order valence-electron chi connectivity index (χ1n) is 10.4. The minimum Gasteiger partial charge on any atom is -0.461 e. The van der Waals surface area contributed by atoms with Gasteiger partial charge in [-0.2, -0.15) is 26.3 Å². The summed E-state index contributed by atoms with van der Waals surface area (Å²) in [7, 11) is 0. The number of thiazole rings is 1. The number of halogens is 9. The Morgan fingerprint density at radius 1 is 1.16 bits per heavy atom. The Kier molecular flexibility index (Phi) is 8.38. The van der Waals surface area contributed by atoms with Crippen LogP contribution in [0, 0.1) is 0 Å².